The van der Waals surface area contributed by atoms with E-state index in [9.17, 15) is 0 Å². The number of pyridine rings is 1. The first-order valence-electron chi connectivity index (χ1n) is 4.58. The monoisotopic (exact) mass is 250 g/mol. The number of hydrogen-bond donors (Lipinski definition) is 0. The Hall–Kier alpha value is -1.14. The van der Waals surface area contributed by atoms with Gasteiger partial charge in [-0.2, -0.15) is 5.10 Å². The molecule has 0 atom stereocenters. The summed E-state index contributed by atoms with van der Waals surface area (Å²) in [4.78, 5) is 8.81. The molecule has 0 aromatic carbocycles. The predicted octanol–water partition coefficient (Wildman–Crippen LogP) is 2.38. The second kappa shape index (κ2) is 5.27. The fourth-order valence-corrected chi connectivity index (χ4v) is 1.89. The molecule has 2 heterocycles. The van der Waals surface area contributed by atoms with Crippen LogP contribution in [0.4, 0.5) is 0 Å². The number of rotatable bonds is 3. The molecule has 0 fully saturated rings. The highest BCUT2D eigenvalue weighted by Crippen LogP contribution is 2.19. The van der Waals surface area contributed by atoms with Crippen molar-refractivity contribution < 1.29 is 0 Å². The summed E-state index contributed by atoms with van der Waals surface area (Å²) in [6, 6.07) is 5.86. The molecule has 6 heteroatoms. The lowest BCUT2D eigenvalue weighted by molar-refractivity contribution is 0.842. The standard InChI is InChI=1S/C10H10N4S2/c1-15-9-5-3-4-7(12-9)8-6-11-14-10(13-8)16-2/h3-6H,1-2H3. The molecule has 0 saturated heterocycles. The molecule has 0 saturated carbocycles. The number of aromatic nitrogens is 4. The van der Waals surface area contributed by atoms with Gasteiger partial charge in [0.2, 0.25) is 5.16 Å². The molecule has 0 radical (unpaired) electrons. The van der Waals surface area contributed by atoms with Crippen molar-refractivity contribution in [2.24, 2.45) is 0 Å². The maximum atomic E-state index is 4.46. The van der Waals surface area contributed by atoms with E-state index < -0.39 is 0 Å². The Balaban J connectivity index is 2.41. The van der Waals surface area contributed by atoms with Gasteiger partial charge in [0.1, 0.15) is 5.69 Å². The van der Waals surface area contributed by atoms with Gasteiger partial charge in [0, 0.05) is 0 Å². The van der Waals surface area contributed by atoms with Gasteiger partial charge in [-0.05, 0) is 24.6 Å². The van der Waals surface area contributed by atoms with Crippen molar-refractivity contribution >= 4 is 23.5 Å². The van der Waals surface area contributed by atoms with E-state index >= 15 is 0 Å². The summed E-state index contributed by atoms with van der Waals surface area (Å²) in [6.07, 6.45) is 5.55. The van der Waals surface area contributed by atoms with Crippen molar-refractivity contribution in [1.29, 1.82) is 0 Å². The third kappa shape index (κ3) is 2.51. The summed E-state index contributed by atoms with van der Waals surface area (Å²) in [5.41, 5.74) is 1.59. The molecule has 2 aromatic heterocycles. The first kappa shape index (κ1) is 11.3. The summed E-state index contributed by atoms with van der Waals surface area (Å²) < 4.78 is 0. The van der Waals surface area contributed by atoms with Gasteiger partial charge in [0.15, 0.2) is 0 Å². The van der Waals surface area contributed by atoms with E-state index in [4.69, 9.17) is 0 Å². The molecule has 0 N–H and O–H groups in total. The fourth-order valence-electron chi connectivity index (χ4n) is 1.17. The number of hydrogen-bond acceptors (Lipinski definition) is 6. The third-order valence-corrected chi connectivity index (χ3v) is 3.10. The van der Waals surface area contributed by atoms with Crippen molar-refractivity contribution in [2.75, 3.05) is 12.5 Å². The van der Waals surface area contributed by atoms with Crippen LogP contribution in [0.2, 0.25) is 0 Å². The molecular weight excluding hydrogens is 240 g/mol. The highest BCUT2D eigenvalue weighted by atomic mass is 32.2. The maximum Gasteiger partial charge on any atom is 0.209 e. The zero-order chi connectivity index (χ0) is 11.4. The molecule has 2 aromatic rings. The van der Waals surface area contributed by atoms with E-state index in [1.165, 1.54) is 11.8 Å². The van der Waals surface area contributed by atoms with Crippen molar-refractivity contribution in [3.63, 3.8) is 0 Å². The van der Waals surface area contributed by atoms with E-state index in [1.807, 2.05) is 30.7 Å². The van der Waals surface area contributed by atoms with Crippen LogP contribution in [-0.4, -0.2) is 32.7 Å². The van der Waals surface area contributed by atoms with Crippen molar-refractivity contribution in [2.45, 2.75) is 10.2 Å². The lowest BCUT2D eigenvalue weighted by Crippen LogP contribution is -1.94. The summed E-state index contributed by atoms with van der Waals surface area (Å²) in [7, 11) is 0. The molecule has 0 spiro atoms. The van der Waals surface area contributed by atoms with E-state index in [0.717, 1.165) is 16.4 Å². The first-order valence-corrected chi connectivity index (χ1v) is 7.03. The largest absolute Gasteiger partial charge is 0.240 e. The highest BCUT2D eigenvalue weighted by Gasteiger charge is 2.04. The quantitative estimate of drug-likeness (QED) is 0.780. The van der Waals surface area contributed by atoms with Crippen LogP contribution in [0.25, 0.3) is 11.4 Å². The Morgan fingerprint density at radius 2 is 1.88 bits per heavy atom. The lowest BCUT2D eigenvalue weighted by Gasteiger charge is -2.02. The smallest absolute Gasteiger partial charge is 0.209 e. The van der Waals surface area contributed by atoms with Crippen molar-refractivity contribution in [1.82, 2.24) is 20.2 Å². The maximum absolute atomic E-state index is 4.46. The molecular formula is C10H10N4S2. The van der Waals surface area contributed by atoms with Crippen LogP contribution >= 0.6 is 23.5 Å². The normalized spacial score (nSPS) is 10.4. The molecule has 0 amide bonds. The Bertz CT molecular complexity index is 444. The van der Waals surface area contributed by atoms with Crippen LogP contribution in [0, 0.1) is 0 Å². The van der Waals surface area contributed by atoms with Gasteiger partial charge in [0.25, 0.3) is 0 Å². The molecule has 0 bridgehead atoms. The summed E-state index contributed by atoms with van der Waals surface area (Å²) in [5.74, 6) is 0. The summed E-state index contributed by atoms with van der Waals surface area (Å²) in [5, 5.41) is 9.44. The Morgan fingerprint density at radius 1 is 1.00 bits per heavy atom. The van der Waals surface area contributed by atoms with Gasteiger partial charge in [-0.1, -0.05) is 17.8 Å². The minimum Gasteiger partial charge on any atom is -0.240 e. The van der Waals surface area contributed by atoms with Gasteiger partial charge in [-0.15, -0.1) is 16.9 Å². The van der Waals surface area contributed by atoms with Crippen LogP contribution in [0.3, 0.4) is 0 Å². The Morgan fingerprint density at radius 3 is 2.62 bits per heavy atom. The van der Waals surface area contributed by atoms with Gasteiger partial charge in [-0.25, -0.2) is 9.97 Å². The molecule has 2 rings (SSSR count). The summed E-state index contributed by atoms with van der Waals surface area (Å²) in [6.45, 7) is 0. The third-order valence-electron chi connectivity index (χ3n) is 1.92. The van der Waals surface area contributed by atoms with Gasteiger partial charge < -0.3 is 0 Å². The minimum atomic E-state index is 0.661. The summed E-state index contributed by atoms with van der Waals surface area (Å²) >= 11 is 3.08. The zero-order valence-corrected chi connectivity index (χ0v) is 10.5. The molecule has 0 aliphatic carbocycles. The van der Waals surface area contributed by atoms with Crippen LogP contribution in [0.5, 0.6) is 0 Å². The second-order valence-corrected chi connectivity index (χ2v) is 4.49. The predicted molar refractivity (Wildman–Crippen MR) is 66.6 cm³/mol. The van der Waals surface area contributed by atoms with Gasteiger partial charge in [0.05, 0.1) is 16.9 Å². The van der Waals surface area contributed by atoms with E-state index in [2.05, 4.69) is 20.2 Å². The molecule has 0 unspecified atom stereocenters. The van der Waals surface area contributed by atoms with Crippen LogP contribution in [-0.2, 0) is 0 Å². The molecule has 0 aliphatic rings. The van der Waals surface area contributed by atoms with Gasteiger partial charge >= 0.3 is 0 Å². The second-order valence-electron chi connectivity index (χ2n) is 2.89. The van der Waals surface area contributed by atoms with Crippen LogP contribution in [0.1, 0.15) is 0 Å². The Kier molecular flexibility index (Phi) is 3.74. The number of thioether (sulfide) groups is 2. The molecule has 0 aliphatic heterocycles. The average Bonchev–Trinajstić information content (AvgIpc) is 2.39. The van der Waals surface area contributed by atoms with Crippen LogP contribution in [0.15, 0.2) is 34.6 Å². The van der Waals surface area contributed by atoms with Crippen LogP contribution < -0.4 is 0 Å². The lowest BCUT2D eigenvalue weighted by atomic mass is 10.3. The first-order chi connectivity index (χ1) is 7.83. The zero-order valence-electron chi connectivity index (χ0n) is 8.91. The van der Waals surface area contributed by atoms with E-state index in [-0.39, 0.29) is 0 Å². The minimum absolute atomic E-state index is 0.661. The molecule has 82 valence electrons. The Labute approximate surface area is 102 Å². The SMILES string of the molecule is CSc1cccc(-c2cnnc(SC)n2)n1. The van der Waals surface area contributed by atoms with Gasteiger partial charge in [-0.3, -0.25) is 0 Å². The van der Waals surface area contributed by atoms with Crippen molar-refractivity contribution in [3.05, 3.63) is 24.4 Å². The van der Waals surface area contributed by atoms with E-state index in [1.54, 1.807) is 18.0 Å². The molecule has 4 nitrogen and oxygen atoms in total. The topological polar surface area (TPSA) is 51.6 Å². The fraction of sp³-hybridized carbons (Fsp3) is 0.200. The number of nitrogens with zero attached hydrogens (tertiary/aromatic N) is 4. The van der Waals surface area contributed by atoms with E-state index in [0.29, 0.717) is 5.16 Å². The average molecular weight is 250 g/mol. The molecule has 16 heavy (non-hydrogen) atoms. The highest BCUT2D eigenvalue weighted by molar-refractivity contribution is 7.98. The van der Waals surface area contributed by atoms with Crippen molar-refractivity contribution in [3.8, 4) is 11.4 Å².